The van der Waals surface area contributed by atoms with Gasteiger partial charge in [0.15, 0.2) is 0 Å². The zero-order valence-electron chi connectivity index (χ0n) is 22.7. The zero-order valence-corrected chi connectivity index (χ0v) is 22.7. The largest absolute Gasteiger partial charge is 0.411 e. The summed E-state index contributed by atoms with van der Waals surface area (Å²) in [5, 5.41) is 9.51. The Kier molecular flexibility index (Phi) is 8.84. The third kappa shape index (κ3) is 6.31. The molecular weight excluding hydrogens is 530 g/mol. The lowest BCUT2D eigenvalue weighted by Crippen LogP contribution is -2.49. The number of hydrogen-bond donors (Lipinski definition) is 2. The van der Waals surface area contributed by atoms with E-state index in [4.69, 9.17) is 0 Å². The SMILES string of the molecule is CCn1nccc1C(=O)NC(C(=O)Nc1ccc(CC(=O)N(C)C2(C(F)(F)F)CC2)cc1F)C1CCCCCC1. The Morgan fingerprint density at radius 3 is 2.38 bits per heavy atom. The molecule has 1 unspecified atom stereocenters. The Hall–Kier alpha value is -3.44. The molecule has 3 amide bonds. The van der Waals surface area contributed by atoms with Crippen molar-refractivity contribution in [1.29, 1.82) is 0 Å². The minimum absolute atomic E-state index is 0.136. The Morgan fingerprint density at radius 2 is 1.80 bits per heavy atom. The average Bonchev–Trinajstić information content (AvgIpc) is 3.66. The molecule has 2 N–H and O–H groups in total. The number of likely N-dealkylation sites (N-methyl/N-ethyl adjacent to an activating group) is 1. The van der Waals surface area contributed by atoms with Gasteiger partial charge in [-0.3, -0.25) is 19.1 Å². The number of amides is 3. The maximum absolute atomic E-state index is 15.0. The molecule has 2 aromatic rings. The van der Waals surface area contributed by atoms with Crippen LogP contribution in [0.4, 0.5) is 23.2 Å². The van der Waals surface area contributed by atoms with Gasteiger partial charge in [-0.2, -0.15) is 18.3 Å². The number of hydrogen-bond acceptors (Lipinski definition) is 4. The van der Waals surface area contributed by atoms with E-state index < -0.39 is 47.7 Å². The molecule has 0 radical (unpaired) electrons. The fourth-order valence-corrected chi connectivity index (χ4v) is 5.47. The van der Waals surface area contributed by atoms with E-state index in [-0.39, 0.29) is 30.0 Å². The molecule has 0 spiro atoms. The number of benzene rings is 1. The van der Waals surface area contributed by atoms with E-state index in [1.165, 1.54) is 23.0 Å². The second kappa shape index (κ2) is 12.0. The van der Waals surface area contributed by atoms with Crippen LogP contribution in [-0.2, 0) is 22.6 Å². The maximum Gasteiger partial charge on any atom is 0.411 e. The second-order valence-corrected chi connectivity index (χ2v) is 10.7. The molecule has 1 aromatic carbocycles. The van der Waals surface area contributed by atoms with E-state index >= 15 is 4.39 Å². The van der Waals surface area contributed by atoms with Crippen LogP contribution < -0.4 is 10.6 Å². The summed E-state index contributed by atoms with van der Waals surface area (Å²) >= 11 is 0. The van der Waals surface area contributed by atoms with E-state index in [0.717, 1.165) is 51.6 Å². The minimum Gasteiger partial charge on any atom is -0.339 e. The van der Waals surface area contributed by atoms with E-state index in [9.17, 15) is 27.6 Å². The lowest BCUT2D eigenvalue weighted by molar-refractivity contribution is -0.196. The van der Waals surface area contributed by atoms with Crippen molar-refractivity contribution in [3.63, 3.8) is 0 Å². The predicted molar refractivity (Wildman–Crippen MR) is 140 cm³/mol. The minimum atomic E-state index is -4.53. The molecule has 218 valence electrons. The number of rotatable bonds is 9. The number of nitrogens with one attached hydrogen (secondary N) is 2. The highest BCUT2D eigenvalue weighted by molar-refractivity contribution is 6.00. The lowest BCUT2D eigenvalue weighted by atomic mass is 9.91. The second-order valence-electron chi connectivity index (χ2n) is 10.7. The molecule has 4 rings (SSSR count). The van der Waals surface area contributed by atoms with E-state index in [0.29, 0.717) is 17.1 Å². The van der Waals surface area contributed by atoms with Gasteiger partial charge in [-0.1, -0.05) is 31.7 Å². The summed E-state index contributed by atoms with van der Waals surface area (Å²) in [6.45, 7) is 2.32. The van der Waals surface area contributed by atoms with E-state index in [2.05, 4.69) is 15.7 Å². The van der Waals surface area contributed by atoms with Gasteiger partial charge in [0.25, 0.3) is 5.91 Å². The van der Waals surface area contributed by atoms with Crippen molar-refractivity contribution in [2.45, 2.75) is 89.0 Å². The normalized spacial score (nSPS) is 17.9. The van der Waals surface area contributed by atoms with E-state index in [1.54, 1.807) is 6.07 Å². The fourth-order valence-electron chi connectivity index (χ4n) is 5.47. The van der Waals surface area contributed by atoms with Crippen LogP contribution in [0.2, 0.25) is 0 Å². The smallest absolute Gasteiger partial charge is 0.339 e. The predicted octanol–water partition coefficient (Wildman–Crippen LogP) is 4.85. The van der Waals surface area contributed by atoms with Crippen LogP contribution in [-0.4, -0.2) is 57.2 Å². The highest BCUT2D eigenvalue weighted by Gasteiger charge is 2.67. The summed E-state index contributed by atoms with van der Waals surface area (Å²) in [5.74, 6) is -2.74. The van der Waals surface area contributed by atoms with Crippen molar-refractivity contribution in [3.8, 4) is 0 Å². The fraction of sp³-hybridized carbons (Fsp3) is 0.571. The summed E-state index contributed by atoms with van der Waals surface area (Å²) in [6.07, 6.45) is 1.63. The summed E-state index contributed by atoms with van der Waals surface area (Å²) in [4.78, 5) is 39.7. The Labute approximate surface area is 230 Å². The quantitative estimate of drug-likeness (QED) is 0.336. The van der Waals surface area contributed by atoms with Gasteiger partial charge in [0.1, 0.15) is 23.1 Å². The Balaban J connectivity index is 1.46. The van der Waals surface area contributed by atoms with Crippen LogP contribution in [0.3, 0.4) is 0 Å². The number of halogens is 4. The van der Waals surface area contributed by atoms with Crippen molar-refractivity contribution in [2.24, 2.45) is 5.92 Å². The van der Waals surface area contributed by atoms with Crippen molar-refractivity contribution < 1.29 is 31.9 Å². The molecule has 0 saturated heterocycles. The van der Waals surface area contributed by atoms with Crippen LogP contribution in [0.5, 0.6) is 0 Å². The van der Waals surface area contributed by atoms with Gasteiger partial charge in [-0.25, -0.2) is 4.39 Å². The summed E-state index contributed by atoms with van der Waals surface area (Å²) in [7, 11) is 1.11. The first-order valence-electron chi connectivity index (χ1n) is 13.7. The van der Waals surface area contributed by atoms with Crippen molar-refractivity contribution >= 4 is 23.4 Å². The molecule has 2 aliphatic rings. The van der Waals surface area contributed by atoms with Crippen LogP contribution in [0.25, 0.3) is 0 Å². The molecule has 0 bridgehead atoms. The van der Waals surface area contributed by atoms with Gasteiger partial charge in [0.05, 0.1) is 12.1 Å². The van der Waals surface area contributed by atoms with Crippen molar-refractivity contribution in [1.82, 2.24) is 20.0 Å². The number of carbonyl (C=O) groups is 3. The third-order valence-electron chi connectivity index (χ3n) is 8.10. The number of anilines is 1. The first kappa shape index (κ1) is 29.5. The van der Waals surface area contributed by atoms with Gasteiger partial charge in [-0.15, -0.1) is 0 Å². The summed E-state index contributed by atoms with van der Waals surface area (Å²) in [5.41, 5.74) is -1.79. The van der Waals surface area contributed by atoms with Crippen LogP contribution in [0.1, 0.15) is 74.3 Å². The number of nitrogens with zero attached hydrogens (tertiary/aromatic N) is 3. The molecule has 8 nitrogen and oxygen atoms in total. The number of aryl methyl sites for hydroxylation is 1. The third-order valence-corrected chi connectivity index (χ3v) is 8.10. The topological polar surface area (TPSA) is 96.3 Å². The van der Waals surface area contributed by atoms with Crippen molar-refractivity contribution in [2.75, 3.05) is 12.4 Å². The highest BCUT2D eigenvalue weighted by atomic mass is 19.4. The highest BCUT2D eigenvalue weighted by Crippen LogP contribution is 2.53. The Morgan fingerprint density at radius 1 is 1.12 bits per heavy atom. The number of alkyl halides is 3. The van der Waals surface area contributed by atoms with Gasteiger partial charge in [-0.05, 0) is 62.3 Å². The summed E-state index contributed by atoms with van der Waals surface area (Å²) in [6, 6.07) is 4.38. The van der Waals surface area contributed by atoms with Crippen molar-refractivity contribution in [3.05, 3.63) is 47.5 Å². The molecular formula is C28H35F4N5O3. The molecule has 2 saturated carbocycles. The number of aromatic nitrogens is 2. The lowest BCUT2D eigenvalue weighted by Gasteiger charge is -2.30. The monoisotopic (exact) mass is 565 g/mol. The van der Waals surface area contributed by atoms with Crippen LogP contribution in [0.15, 0.2) is 30.5 Å². The molecule has 12 heteroatoms. The molecule has 1 aromatic heterocycles. The van der Waals surface area contributed by atoms with Gasteiger partial charge in [0, 0.05) is 19.8 Å². The first-order valence-corrected chi connectivity index (χ1v) is 13.7. The summed E-state index contributed by atoms with van der Waals surface area (Å²) < 4.78 is 56.7. The standard InChI is InChI=1S/C28H35F4N5O3/c1-3-37-22(12-15-33-37)25(39)35-24(19-8-6-4-5-7-9-19)26(40)34-21-11-10-18(16-20(21)29)17-23(38)36(2)27(13-14-27)28(30,31)32/h10-12,15-16,19,24H,3-9,13-14,17H2,1-2H3,(H,34,40)(H,35,39). The molecule has 1 heterocycles. The Bertz CT molecular complexity index is 1230. The molecule has 2 aliphatic carbocycles. The van der Waals surface area contributed by atoms with Gasteiger partial charge >= 0.3 is 6.18 Å². The van der Waals surface area contributed by atoms with Gasteiger partial charge < -0.3 is 15.5 Å². The maximum atomic E-state index is 15.0. The molecule has 2 fully saturated rings. The van der Waals surface area contributed by atoms with Gasteiger partial charge in [0.2, 0.25) is 11.8 Å². The number of carbonyl (C=O) groups excluding carboxylic acids is 3. The molecule has 1 atom stereocenters. The average molecular weight is 566 g/mol. The molecule has 0 aliphatic heterocycles. The zero-order chi connectivity index (χ0) is 29.1. The van der Waals surface area contributed by atoms with Crippen LogP contribution >= 0.6 is 0 Å². The van der Waals surface area contributed by atoms with Crippen LogP contribution in [0, 0.1) is 11.7 Å². The first-order chi connectivity index (χ1) is 19.0. The van der Waals surface area contributed by atoms with E-state index in [1.807, 2.05) is 6.92 Å². The molecule has 40 heavy (non-hydrogen) atoms.